The molecule has 2 N–H and O–H groups in total. The predicted molar refractivity (Wildman–Crippen MR) is 96.7 cm³/mol. The first-order chi connectivity index (χ1) is 12.0. The first kappa shape index (κ1) is 17.2. The highest BCUT2D eigenvalue weighted by Gasteiger charge is 2.23. The van der Waals surface area contributed by atoms with E-state index in [1.165, 1.54) is 0 Å². The Morgan fingerprint density at radius 1 is 1.12 bits per heavy atom. The van der Waals surface area contributed by atoms with E-state index in [1.807, 2.05) is 25.1 Å². The molecule has 130 valence electrons. The summed E-state index contributed by atoms with van der Waals surface area (Å²) in [6, 6.07) is 14.3. The van der Waals surface area contributed by atoms with Crippen molar-refractivity contribution in [3.63, 3.8) is 0 Å². The SMILES string of the molecule is Cc1cccc(C(=O)Nc2cccc(C(=O)N3CCCC(O)C3)c2)c1. The number of anilines is 1. The first-order valence-corrected chi connectivity index (χ1v) is 8.48. The number of amides is 2. The predicted octanol–water partition coefficient (Wildman–Crippen LogP) is 2.84. The Kier molecular flexibility index (Phi) is 5.14. The second kappa shape index (κ2) is 7.49. The van der Waals surface area contributed by atoms with Crippen molar-refractivity contribution in [2.45, 2.75) is 25.9 Å². The van der Waals surface area contributed by atoms with Gasteiger partial charge in [0.1, 0.15) is 0 Å². The number of hydrogen-bond acceptors (Lipinski definition) is 3. The molecule has 1 saturated heterocycles. The Labute approximate surface area is 147 Å². The summed E-state index contributed by atoms with van der Waals surface area (Å²) in [4.78, 5) is 26.6. The number of benzene rings is 2. The molecule has 2 aromatic carbocycles. The lowest BCUT2D eigenvalue weighted by Gasteiger charge is -2.30. The highest BCUT2D eigenvalue weighted by Crippen LogP contribution is 2.17. The lowest BCUT2D eigenvalue weighted by Crippen LogP contribution is -2.42. The lowest BCUT2D eigenvalue weighted by molar-refractivity contribution is 0.0474. The van der Waals surface area contributed by atoms with E-state index in [1.54, 1.807) is 35.2 Å². The number of β-amino-alcohol motifs (C(OH)–C–C–N with tert-alkyl or cyclic N) is 1. The highest BCUT2D eigenvalue weighted by atomic mass is 16.3. The minimum Gasteiger partial charge on any atom is -0.391 e. The normalized spacial score (nSPS) is 17.2. The van der Waals surface area contributed by atoms with Crippen LogP contribution in [0.1, 0.15) is 39.1 Å². The minimum atomic E-state index is -0.457. The van der Waals surface area contributed by atoms with Crippen molar-refractivity contribution in [1.29, 1.82) is 0 Å². The number of aliphatic hydroxyl groups excluding tert-OH is 1. The van der Waals surface area contributed by atoms with Crippen molar-refractivity contribution in [3.05, 3.63) is 65.2 Å². The van der Waals surface area contributed by atoms with Gasteiger partial charge in [-0.2, -0.15) is 0 Å². The van der Waals surface area contributed by atoms with Gasteiger partial charge in [-0.15, -0.1) is 0 Å². The van der Waals surface area contributed by atoms with Crippen LogP contribution in [0.5, 0.6) is 0 Å². The van der Waals surface area contributed by atoms with Gasteiger partial charge in [0, 0.05) is 29.9 Å². The van der Waals surface area contributed by atoms with Crippen LogP contribution in [0.2, 0.25) is 0 Å². The van der Waals surface area contributed by atoms with Crippen LogP contribution < -0.4 is 5.32 Å². The number of aryl methyl sites for hydroxylation is 1. The molecule has 5 heteroatoms. The monoisotopic (exact) mass is 338 g/mol. The van der Waals surface area contributed by atoms with Crippen molar-refractivity contribution >= 4 is 17.5 Å². The maximum absolute atomic E-state index is 12.6. The number of carbonyl (C=O) groups is 2. The molecule has 1 atom stereocenters. The molecule has 1 fully saturated rings. The summed E-state index contributed by atoms with van der Waals surface area (Å²) in [6.07, 6.45) is 1.08. The van der Waals surface area contributed by atoms with E-state index in [0.29, 0.717) is 29.9 Å². The molecule has 2 amide bonds. The van der Waals surface area contributed by atoms with Crippen LogP contribution in [0.4, 0.5) is 5.69 Å². The Morgan fingerprint density at radius 3 is 2.64 bits per heavy atom. The Morgan fingerprint density at radius 2 is 1.88 bits per heavy atom. The zero-order valence-corrected chi connectivity index (χ0v) is 14.2. The Hall–Kier alpha value is -2.66. The third-order valence-corrected chi connectivity index (χ3v) is 4.33. The van der Waals surface area contributed by atoms with Gasteiger partial charge in [-0.3, -0.25) is 9.59 Å². The summed E-state index contributed by atoms with van der Waals surface area (Å²) in [5, 5.41) is 12.6. The number of nitrogens with one attached hydrogen (secondary N) is 1. The zero-order chi connectivity index (χ0) is 17.8. The summed E-state index contributed by atoms with van der Waals surface area (Å²) < 4.78 is 0. The van der Waals surface area contributed by atoms with Crippen LogP contribution in [-0.4, -0.2) is 41.0 Å². The van der Waals surface area contributed by atoms with Gasteiger partial charge in [0.2, 0.25) is 0 Å². The van der Waals surface area contributed by atoms with Crippen LogP contribution in [0, 0.1) is 6.92 Å². The van der Waals surface area contributed by atoms with E-state index in [-0.39, 0.29) is 11.8 Å². The number of carbonyl (C=O) groups excluding carboxylic acids is 2. The molecule has 0 spiro atoms. The topological polar surface area (TPSA) is 69.6 Å². The smallest absolute Gasteiger partial charge is 0.255 e. The van der Waals surface area contributed by atoms with E-state index < -0.39 is 6.10 Å². The third-order valence-electron chi connectivity index (χ3n) is 4.33. The number of piperidine rings is 1. The maximum atomic E-state index is 12.6. The molecule has 5 nitrogen and oxygen atoms in total. The van der Waals surface area contributed by atoms with E-state index in [0.717, 1.165) is 18.4 Å². The van der Waals surface area contributed by atoms with E-state index in [9.17, 15) is 14.7 Å². The molecular formula is C20H22N2O3. The molecule has 1 aliphatic heterocycles. The molecule has 25 heavy (non-hydrogen) atoms. The highest BCUT2D eigenvalue weighted by molar-refractivity contribution is 6.05. The van der Waals surface area contributed by atoms with Crippen LogP contribution in [0.3, 0.4) is 0 Å². The van der Waals surface area contributed by atoms with Gasteiger partial charge in [0.05, 0.1) is 6.10 Å². The molecule has 1 aliphatic rings. The van der Waals surface area contributed by atoms with Crippen LogP contribution >= 0.6 is 0 Å². The quantitative estimate of drug-likeness (QED) is 0.904. The number of likely N-dealkylation sites (tertiary alicyclic amines) is 1. The third kappa shape index (κ3) is 4.25. The fraction of sp³-hybridized carbons (Fsp3) is 0.300. The van der Waals surface area contributed by atoms with Crippen molar-refractivity contribution < 1.29 is 14.7 Å². The van der Waals surface area contributed by atoms with Gasteiger partial charge in [-0.05, 0) is 50.1 Å². The Bertz CT molecular complexity index is 788. The lowest BCUT2D eigenvalue weighted by atomic mass is 10.1. The molecule has 2 aromatic rings. The molecule has 0 bridgehead atoms. The van der Waals surface area contributed by atoms with E-state index in [2.05, 4.69) is 5.32 Å². The number of hydrogen-bond donors (Lipinski definition) is 2. The fourth-order valence-electron chi connectivity index (χ4n) is 3.04. The van der Waals surface area contributed by atoms with Crippen LogP contribution in [0.15, 0.2) is 48.5 Å². The largest absolute Gasteiger partial charge is 0.391 e. The van der Waals surface area contributed by atoms with Crippen molar-refractivity contribution in [3.8, 4) is 0 Å². The molecule has 1 heterocycles. The van der Waals surface area contributed by atoms with Gasteiger partial charge in [0.15, 0.2) is 0 Å². The fourth-order valence-corrected chi connectivity index (χ4v) is 3.04. The minimum absolute atomic E-state index is 0.120. The number of nitrogens with zero attached hydrogens (tertiary/aromatic N) is 1. The maximum Gasteiger partial charge on any atom is 0.255 e. The second-order valence-electron chi connectivity index (χ2n) is 6.45. The molecule has 3 rings (SSSR count). The first-order valence-electron chi connectivity index (χ1n) is 8.48. The molecule has 0 aromatic heterocycles. The van der Waals surface area contributed by atoms with Gasteiger partial charge >= 0.3 is 0 Å². The standard InChI is InChI=1S/C20H22N2O3/c1-14-5-2-6-15(11-14)19(24)21-17-8-3-7-16(12-17)20(25)22-10-4-9-18(23)13-22/h2-3,5-8,11-12,18,23H,4,9-10,13H2,1H3,(H,21,24). The summed E-state index contributed by atoms with van der Waals surface area (Å²) in [5.74, 6) is -0.327. The average molecular weight is 338 g/mol. The van der Waals surface area contributed by atoms with Gasteiger partial charge < -0.3 is 15.3 Å². The summed E-state index contributed by atoms with van der Waals surface area (Å²) in [6.45, 7) is 2.94. The molecule has 0 radical (unpaired) electrons. The van der Waals surface area contributed by atoms with Crippen LogP contribution in [0.25, 0.3) is 0 Å². The molecule has 1 unspecified atom stereocenters. The van der Waals surface area contributed by atoms with Crippen molar-refractivity contribution in [1.82, 2.24) is 4.90 Å². The van der Waals surface area contributed by atoms with E-state index >= 15 is 0 Å². The molecule has 0 saturated carbocycles. The summed E-state index contributed by atoms with van der Waals surface area (Å²) >= 11 is 0. The van der Waals surface area contributed by atoms with E-state index in [4.69, 9.17) is 0 Å². The molecule has 0 aliphatic carbocycles. The summed E-state index contributed by atoms with van der Waals surface area (Å²) in [7, 11) is 0. The van der Waals surface area contributed by atoms with Crippen LogP contribution in [-0.2, 0) is 0 Å². The van der Waals surface area contributed by atoms with Gasteiger partial charge in [-0.1, -0.05) is 23.8 Å². The van der Waals surface area contributed by atoms with Gasteiger partial charge in [0.25, 0.3) is 11.8 Å². The molecular weight excluding hydrogens is 316 g/mol. The van der Waals surface area contributed by atoms with Gasteiger partial charge in [-0.25, -0.2) is 0 Å². The average Bonchev–Trinajstić information content (AvgIpc) is 2.61. The number of aliphatic hydroxyl groups is 1. The van der Waals surface area contributed by atoms with Crippen molar-refractivity contribution in [2.24, 2.45) is 0 Å². The zero-order valence-electron chi connectivity index (χ0n) is 14.2. The van der Waals surface area contributed by atoms with Crippen molar-refractivity contribution in [2.75, 3.05) is 18.4 Å². The number of rotatable bonds is 3. The second-order valence-corrected chi connectivity index (χ2v) is 6.45. The Balaban J connectivity index is 1.73. The summed E-state index contributed by atoms with van der Waals surface area (Å²) in [5.41, 5.74) is 2.68.